The van der Waals surface area contributed by atoms with Crippen LogP contribution in [0, 0.1) is 0 Å². The molecule has 0 atom stereocenters. The zero-order chi connectivity index (χ0) is 15.5. The molecule has 7 heteroatoms. The summed E-state index contributed by atoms with van der Waals surface area (Å²) in [4.78, 5) is 13.0. The molecule has 1 aliphatic heterocycles. The van der Waals surface area contributed by atoms with E-state index in [1.807, 2.05) is 17.4 Å². The normalized spacial score (nSPS) is 16.8. The van der Waals surface area contributed by atoms with Crippen LogP contribution in [0.2, 0.25) is 0 Å². The number of likely N-dealkylation sites (tertiary alicyclic amines) is 1. The summed E-state index contributed by atoms with van der Waals surface area (Å²) in [5, 5.41) is 11.1. The van der Waals surface area contributed by atoms with Gasteiger partial charge in [-0.1, -0.05) is 12.1 Å². The maximum atomic E-state index is 12.0. The monoisotopic (exact) mass is 302 g/mol. The van der Waals surface area contributed by atoms with Gasteiger partial charge in [-0.3, -0.25) is 0 Å². The molecule has 2 amide bonds. The molecule has 2 N–H and O–H groups in total. The first-order valence-electron chi connectivity index (χ1n) is 6.73. The van der Waals surface area contributed by atoms with Crippen LogP contribution in [-0.2, 0) is 0 Å². The lowest BCUT2D eigenvalue weighted by Crippen LogP contribution is -2.46. The third-order valence-corrected chi connectivity index (χ3v) is 3.59. The lowest BCUT2D eigenvalue weighted by molar-refractivity contribution is -0.123. The van der Waals surface area contributed by atoms with E-state index in [0.29, 0.717) is 25.9 Å². The summed E-state index contributed by atoms with van der Waals surface area (Å²) in [6.45, 7) is -0.450. The van der Waals surface area contributed by atoms with Gasteiger partial charge in [0, 0.05) is 13.1 Å². The van der Waals surface area contributed by atoms with Crippen LogP contribution in [0.4, 0.5) is 18.0 Å². The highest BCUT2D eigenvalue weighted by molar-refractivity contribution is 5.74. The van der Waals surface area contributed by atoms with E-state index in [1.165, 1.54) is 4.90 Å². The van der Waals surface area contributed by atoms with Crippen molar-refractivity contribution in [3.63, 3.8) is 0 Å². The Morgan fingerprint density at radius 1 is 1.24 bits per heavy atom. The van der Waals surface area contributed by atoms with Crippen molar-refractivity contribution in [1.82, 2.24) is 10.2 Å². The van der Waals surface area contributed by atoms with Crippen LogP contribution in [0.3, 0.4) is 0 Å². The van der Waals surface area contributed by atoms with Crippen molar-refractivity contribution in [2.24, 2.45) is 0 Å². The molecule has 0 bridgehead atoms. The number of carbonyl (C=O) groups excluding carboxylic acids is 1. The van der Waals surface area contributed by atoms with Crippen LogP contribution in [0.5, 0.6) is 5.75 Å². The fourth-order valence-electron chi connectivity index (χ4n) is 2.45. The standard InChI is InChI=1S/C14H17F3N2O2/c15-14(16,17)9-18-13(21)19-7-5-11(6-8-19)10-1-3-12(20)4-2-10/h1-4,11,20H,5-9H2,(H,18,21). The molecule has 0 aliphatic carbocycles. The van der Waals surface area contributed by atoms with Gasteiger partial charge in [0.2, 0.25) is 0 Å². The van der Waals surface area contributed by atoms with Crippen LogP contribution in [-0.4, -0.2) is 41.8 Å². The predicted molar refractivity (Wildman–Crippen MR) is 71.1 cm³/mol. The minimum absolute atomic E-state index is 0.197. The molecule has 1 aromatic carbocycles. The average Bonchev–Trinajstić information content (AvgIpc) is 2.45. The quantitative estimate of drug-likeness (QED) is 0.882. The number of amides is 2. The number of rotatable bonds is 2. The molecule has 0 aromatic heterocycles. The van der Waals surface area contributed by atoms with Crippen molar-refractivity contribution < 1.29 is 23.1 Å². The summed E-state index contributed by atoms with van der Waals surface area (Å²) in [6, 6.07) is 6.21. The summed E-state index contributed by atoms with van der Waals surface area (Å²) < 4.78 is 36.1. The number of urea groups is 1. The fourth-order valence-corrected chi connectivity index (χ4v) is 2.45. The molecule has 0 unspecified atom stereocenters. The number of halogens is 3. The summed E-state index contributed by atoms with van der Waals surface area (Å²) in [7, 11) is 0. The van der Waals surface area contributed by atoms with Gasteiger partial charge in [0.25, 0.3) is 0 Å². The number of phenols is 1. The number of carbonyl (C=O) groups is 1. The summed E-state index contributed by atoms with van der Waals surface area (Å²) in [5.74, 6) is 0.458. The lowest BCUT2D eigenvalue weighted by atomic mass is 9.89. The second-order valence-corrected chi connectivity index (χ2v) is 5.13. The summed E-state index contributed by atoms with van der Waals surface area (Å²) >= 11 is 0. The van der Waals surface area contributed by atoms with Crippen molar-refractivity contribution in [2.45, 2.75) is 24.9 Å². The van der Waals surface area contributed by atoms with Crippen molar-refractivity contribution in [2.75, 3.05) is 19.6 Å². The minimum atomic E-state index is -4.39. The molecule has 4 nitrogen and oxygen atoms in total. The molecule has 2 rings (SSSR count). The molecule has 1 aliphatic rings. The Morgan fingerprint density at radius 2 is 1.81 bits per heavy atom. The third-order valence-electron chi connectivity index (χ3n) is 3.59. The topological polar surface area (TPSA) is 52.6 Å². The van der Waals surface area contributed by atoms with Gasteiger partial charge in [-0.05, 0) is 36.5 Å². The minimum Gasteiger partial charge on any atom is -0.508 e. The molecule has 0 radical (unpaired) electrons. The molecule has 21 heavy (non-hydrogen) atoms. The molecule has 0 spiro atoms. The van der Waals surface area contributed by atoms with E-state index >= 15 is 0 Å². The second kappa shape index (κ2) is 6.24. The van der Waals surface area contributed by atoms with Gasteiger partial charge in [-0.15, -0.1) is 0 Å². The summed E-state index contributed by atoms with van der Waals surface area (Å²) in [6.07, 6.45) is -2.99. The Morgan fingerprint density at radius 3 is 2.33 bits per heavy atom. The third kappa shape index (κ3) is 4.54. The Kier molecular flexibility index (Phi) is 4.59. The first-order chi connectivity index (χ1) is 9.85. The Labute approximate surface area is 120 Å². The van der Waals surface area contributed by atoms with Gasteiger partial charge in [0.1, 0.15) is 12.3 Å². The first kappa shape index (κ1) is 15.5. The largest absolute Gasteiger partial charge is 0.508 e. The zero-order valence-corrected chi connectivity index (χ0v) is 11.4. The highest BCUT2D eigenvalue weighted by Gasteiger charge is 2.30. The van der Waals surface area contributed by atoms with E-state index in [1.54, 1.807) is 12.1 Å². The van der Waals surface area contributed by atoms with Crippen molar-refractivity contribution >= 4 is 6.03 Å². The maximum Gasteiger partial charge on any atom is 0.405 e. The molecule has 116 valence electrons. The number of benzene rings is 1. The predicted octanol–water partition coefficient (Wildman–Crippen LogP) is 2.84. The molecular formula is C14H17F3N2O2. The SMILES string of the molecule is O=C(NCC(F)(F)F)N1CCC(c2ccc(O)cc2)CC1. The van der Waals surface area contributed by atoms with Crippen molar-refractivity contribution in [3.8, 4) is 5.75 Å². The molecule has 1 heterocycles. The van der Waals surface area contributed by atoms with Crippen molar-refractivity contribution in [3.05, 3.63) is 29.8 Å². The number of hydrogen-bond acceptors (Lipinski definition) is 2. The van der Waals surface area contributed by atoms with Crippen LogP contribution in [0.15, 0.2) is 24.3 Å². The van der Waals surface area contributed by atoms with E-state index in [9.17, 15) is 23.1 Å². The van der Waals surface area contributed by atoms with E-state index in [-0.39, 0.29) is 11.7 Å². The van der Waals surface area contributed by atoms with Gasteiger partial charge >= 0.3 is 12.2 Å². The number of nitrogens with one attached hydrogen (secondary N) is 1. The zero-order valence-electron chi connectivity index (χ0n) is 11.4. The highest BCUT2D eigenvalue weighted by atomic mass is 19.4. The van der Waals surface area contributed by atoms with E-state index < -0.39 is 18.8 Å². The highest BCUT2D eigenvalue weighted by Crippen LogP contribution is 2.29. The number of phenolic OH excluding ortho intramolecular Hbond substituents is 1. The van der Waals surface area contributed by atoms with Crippen LogP contribution >= 0.6 is 0 Å². The van der Waals surface area contributed by atoms with Crippen molar-refractivity contribution in [1.29, 1.82) is 0 Å². The van der Waals surface area contributed by atoms with Gasteiger partial charge in [0.05, 0.1) is 0 Å². The lowest BCUT2D eigenvalue weighted by Gasteiger charge is -2.32. The number of piperidine rings is 1. The van der Waals surface area contributed by atoms with E-state index in [4.69, 9.17) is 0 Å². The van der Waals surface area contributed by atoms with Gasteiger partial charge in [-0.2, -0.15) is 13.2 Å². The summed E-state index contributed by atoms with van der Waals surface area (Å²) in [5.41, 5.74) is 1.07. The Bertz CT molecular complexity index is 480. The number of hydrogen-bond donors (Lipinski definition) is 2. The number of nitrogens with zero attached hydrogens (tertiary/aromatic N) is 1. The Hall–Kier alpha value is -1.92. The van der Waals surface area contributed by atoms with Crippen LogP contribution in [0.1, 0.15) is 24.3 Å². The van der Waals surface area contributed by atoms with E-state index in [0.717, 1.165) is 5.56 Å². The maximum absolute atomic E-state index is 12.0. The second-order valence-electron chi connectivity index (χ2n) is 5.13. The number of aromatic hydroxyl groups is 1. The fraction of sp³-hybridized carbons (Fsp3) is 0.500. The smallest absolute Gasteiger partial charge is 0.405 e. The van der Waals surface area contributed by atoms with Gasteiger partial charge in [-0.25, -0.2) is 4.79 Å². The molecule has 1 aromatic rings. The number of alkyl halides is 3. The molecule has 1 fully saturated rings. The average molecular weight is 302 g/mol. The van der Waals surface area contributed by atoms with Crippen LogP contribution < -0.4 is 5.32 Å². The molecule has 1 saturated heterocycles. The van der Waals surface area contributed by atoms with Crippen LogP contribution in [0.25, 0.3) is 0 Å². The first-order valence-corrected chi connectivity index (χ1v) is 6.73. The molecule has 0 saturated carbocycles. The van der Waals surface area contributed by atoms with Gasteiger partial charge < -0.3 is 15.3 Å². The molecular weight excluding hydrogens is 285 g/mol. The van der Waals surface area contributed by atoms with E-state index in [2.05, 4.69) is 0 Å². The van der Waals surface area contributed by atoms with Gasteiger partial charge in [0.15, 0.2) is 0 Å². The Balaban J connectivity index is 1.82.